The molecule has 0 saturated heterocycles. The van der Waals surface area contributed by atoms with Crippen molar-refractivity contribution in [2.75, 3.05) is 0 Å². The summed E-state index contributed by atoms with van der Waals surface area (Å²) >= 11 is 1.94. The smallest absolute Gasteiger partial charge is 0.0778 e. The molecule has 0 aliphatic heterocycles. The van der Waals surface area contributed by atoms with Crippen LogP contribution >= 0.6 is 11.8 Å². The van der Waals surface area contributed by atoms with Crippen LogP contribution in [0.3, 0.4) is 0 Å². The topological polar surface area (TPSA) is 35.6 Å². The molecule has 0 fully saturated rings. The van der Waals surface area contributed by atoms with Crippen LogP contribution in [0.5, 0.6) is 0 Å². The highest BCUT2D eigenvalue weighted by atomic mass is 32.2. The fourth-order valence-electron chi connectivity index (χ4n) is 8.38. The number of hydrogen-bond donors (Lipinski definition) is 0. The zero-order chi connectivity index (χ0) is 36.3. The summed E-state index contributed by atoms with van der Waals surface area (Å²) in [5.41, 5.74) is 28.4. The Kier molecular flexibility index (Phi) is 8.50. The van der Waals surface area contributed by atoms with Crippen LogP contribution in [0.2, 0.25) is 0 Å². The van der Waals surface area contributed by atoms with Gasteiger partial charge in [-0.3, -0.25) is 0 Å². The molecule has 2 heterocycles. The van der Waals surface area contributed by atoms with Gasteiger partial charge in [0.25, 0.3) is 0 Å². The predicted octanol–water partition coefficient (Wildman–Crippen LogP) is 12.1. The quantitative estimate of drug-likeness (QED) is 0.187. The third kappa shape index (κ3) is 4.78. The second kappa shape index (κ2) is 11.9. The van der Waals surface area contributed by atoms with Crippen molar-refractivity contribution >= 4 is 33.6 Å². The summed E-state index contributed by atoms with van der Waals surface area (Å²) in [6.45, 7) is 40.6. The van der Waals surface area contributed by atoms with Gasteiger partial charge in [0.1, 0.15) is 0 Å². The third-order valence-electron chi connectivity index (χ3n) is 12.6. The maximum Gasteiger partial charge on any atom is 0.0778 e. The van der Waals surface area contributed by atoms with E-state index in [0.717, 1.165) is 11.4 Å². The van der Waals surface area contributed by atoms with Crippen molar-refractivity contribution in [1.29, 1.82) is 0 Å². The van der Waals surface area contributed by atoms with Gasteiger partial charge < -0.3 is 0 Å². The van der Waals surface area contributed by atoms with Crippen LogP contribution in [0.4, 0.5) is 0 Å². The molecule has 256 valence electrons. The van der Waals surface area contributed by atoms with Gasteiger partial charge in [0.15, 0.2) is 0 Å². The monoisotopic (exact) mass is 670 g/mol. The van der Waals surface area contributed by atoms with Gasteiger partial charge in [-0.2, -0.15) is 10.2 Å². The first-order valence-corrected chi connectivity index (χ1v) is 18.5. The van der Waals surface area contributed by atoms with Crippen molar-refractivity contribution in [1.82, 2.24) is 19.6 Å². The van der Waals surface area contributed by atoms with Crippen molar-refractivity contribution in [3.63, 3.8) is 0 Å². The molecular weight excluding hydrogens is 617 g/mol. The summed E-state index contributed by atoms with van der Waals surface area (Å²) in [7, 11) is 0. The van der Waals surface area contributed by atoms with Crippen molar-refractivity contribution in [3.05, 3.63) is 100 Å². The van der Waals surface area contributed by atoms with Gasteiger partial charge >= 0.3 is 0 Å². The Hall–Kier alpha value is -3.83. The highest BCUT2D eigenvalue weighted by molar-refractivity contribution is 7.99. The lowest BCUT2D eigenvalue weighted by atomic mass is 9.94. The van der Waals surface area contributed by atoms with Crippen LogP contribution in [0.1, 0.15) is 100 Å². The van der Waals surface area contributed by atoms with E-state index >= 15 is 0 Å². The molecule has 5 heteroatoms. The van der Waals surface area contributed by atoms with E-state index in [0.29, 0.717) is 0 Å². The summed E-state index contributed by atoms with van der Waals surface area (Å²) in [5.74, 6) is 0. The van der Waals surface area contributed by atoms with E-state index in [1.165, 1.54) is 132 Å². The second-order valence-electron chi connectivity index (χ2n) is 14.9. The van der Waals surface area contributed by atoms with Crippen LogP contribution in [0, 0.1) is 125 Å². The maximum absolute atomic E-state index is 5.22. The molecule has 0 amide bonds. The number of fused-ring (bicyclic) bond motifs is 2. The Bertz CT molecular complexity index is 2200. The lowest BCUT2D eigenvalue weighted by Gasteiger charge is -2.25. The van der Waals surface area contributed by atoms with Crippen LogP contribution in [-0.2, 0) is 0 Å². The molecule has 6 rings (SSSR count). The molecule has 49 heavy (non-hydrogen) atoms. The van der Waals surface area contributed by atoms with E-state index in [4.69, 9.17) is 10.2 Å². The fraction of sp³-hybridized carbons (Fsp3) is 0.409. The Morgan fingerprint density at radius 2 is 0.571 bits per heavy atom. The fourth-order valence-corrected chi connectivity index (χ4v) is 9.81. The largest absolute Gasteiger partial charge is 0.232 e. The van der Waals surface area contributed by atoms with E-state index in [2.05, 4.69) is 134 Å². The maximum atomic E-state index is 5.22. The SMILES string of the molecule is Cc1c(C)c(-n2nc(C)c3c(C)c(C)c(C)c(C)c32)c(C)c(C)c1Sc1c(C)c(C)c(-n2nc(C)c3c(C)c(C)c(C)c(C)c32)c(C)c1C. The van der Waals surface area contributed by atoms with Crippen LogP contribution in [0.25, 0.3) is 33.2 Å². The Balaban J connectivity index is 1.54. The molecule has 0 unspecified atom stereocenters. The molecule has 0 radical (unpaired) electrons. The minimum atomic E-state index is 1.10. The van der Waals surface area contributed by atoms with Crippen LogP contribution < -0.4 is 0 Å². The van der Waals surface area contributed by atoms with Crippen molar-refractivity contribution < 1.29 is 0 Å². The molecule has 0 saturated carbocycles. The summed E-state index contributed by atoms with van der Waals surface area (Å²) < 4.78 is 4.50. The summed E-state index contributed by atoms with van der Waals surface area (Å²) in [4.78, 5) is 2.70. The Morgan fingerprint density at radius 3 is 0.857 bits per heavy atom. The number of rotatable bonds is 4. The molecule has 4 nitrogen and oxygen atoms in total. The van der Waals surface area contributed by atoms with E-state index in [1.54, 1.807) is 0 Å². The summed E-state index contributed by atoms with van der Waals surface area (Å²) in [6.07, 6.45) is 0. The predicted molar refractivity (Wildman–Crippen MR) is 212 cm³/mol. The minimum Gasteiger partial charge on any atom is -0.232 e. The molecule has 0 atom stereocenters. The molecule has 6 aromatic rings. The first-order valence-electron chi connectivity index (χ1n) is 17.6. The van der Waals surface area contributed by atoms with Crippen molar-refractivity contribution in [3.8, 4) is 11.4 Å². The van der Waals surface area contributed by atoms with E-state index < -0.39 is 0 Å². The van der Waals surface area contributed by atoms with E-state index in [1.807, 2.05) is 11.8 Å². The number of nitrogens with zero attached hydrogens (tertiary/aromatic N) is 4. The highest BCUT2D eigenvalue weighted by Gasteiger charge is 2.26. The number of hydrogen-bond acceptors (Lipinski definition) is 3. The zero-order valence-corrected chi connectivity index (χ0v) is 34.0. The van der Waals surface area contributed by atoms with Crippen LogP contribution in [-0.4, -0.2) is 19.6 Å². The van der Waals surface area contributed by atoms with Gasteiger partial charge in [0.05, 0.1) is 33.8 Å². The lowest BCUT2D eigenvalue weighted by molar-refractivity contribution is 0.859. The minimum absolute atomic E-state index is 1.10. The van der Waals surface area contributed by atoms with E-state index in [9.17, 15) is 0 Å². The molecule has 4 aromatic carbocycles. The molecular formula is C44H54N4S. The average Bonchev–Trinajstić information content (AvgIpc) is 3.58. The zero-order valence-electron chi connectivity index (χ0n) is 33.2. The second-order valence-corrected chi connectivity index (χ2v) is 15.9. The molecule has 0 bridgehead atoms. The number of aryl methyl sites for hydroxylation is 6. The van der Waals surface area contributed by atoms with Crippen molar-refractivity contribution in [2.24, 2.45) is 0 Å². The molecule has 0 N–H and O–H groups in total. The average molecular weight is 671 g/mol. The molecule has 0 aliphatic carbocycles. The number of aromatic nitrogens is 4. The van der Waals surface area contributed by atoms with Gasteiger partial charge in [-0.1, -0.05) is 11.8 Å². The van der Waals surface area contributed by atoms with Gasteiger partial charge in [-0.05, 0) is 214 Å². The standard InChI is InChI=1S/C44H54N4S/c1-19-21(3)25(7)41-37(23(19)5)35(17)45-47(41)39-27(9)31(13)43(32(14)28(39)10)49-44-33(15)29(11)40(30(12)34(44)16)48-42-26(8)22(4)20(2)24(6)38(42)36(18)46-48/h1-18H3. The van der Waals surface area contributed by atoms with Crippen molar-refractivity contribution in [2.45, 2.75) is 134 Å². The normalized spacial score (nSPS) is 12.0. The molecule has 0 aliphatic rings. The Labute approximate surface area is 298 Å². The first-order chi connectivity index (χ1) is 22.8. The van der Waals surface area contributed by atoms with Gasteiger partial charge in [-0.15, -0.1) is 0 Å². The highest BCUT2D eigenvalue weighted by Crippen LogP contribution is 2.45. The van der Waals surface area contributed by atoms with Crippen LogP contribution in [0.15, 0.2) is 9.79 Å². The number of benzene rings is 4. The molecule has 2 aromatic heterocycles. The van der Waals surface area contributed by atoms with Gasteiger partial charge in [-0.25, -0.2) is 9.36 Å². The van der Waals surface area contributed by atoms with E-state index in [-0.39, 0.29) is 0 Å². The lowest BCUT2D eigenvalue weighted by Crippen LogP contribution is -2.10. The van der Waals surface area contributed by atoms with Gasteiger partial charge in [0.2, 0.25) is 0 Å². The first kappa shape index (κ1) is 35.0. The summed E-state index contributed by atoms with van der Waals surface area (Å²) in [6, 6.07) is 0. The third-order valence-corrected chi connectivity index (χ3v) is 14.3. The molecule has 0 spiro atoms. The van der Waals surface area contributed by atoms with Gasteiger partial charge in [0, 0.05) is 20.6 Å². The Morgan fingerprint density at radius 1 is 0.306 bits per heavy atom. The summed E-state index contributed by atoms with van der Waals surface area (Å²) in [5, 5.41) is 13.0.